The fraction of sp³-hybridized carbons (Fsp3) is 0.923. The van der Waals surface area contributed by atoms with E-state index < -0.39 is 11.2 Å². The maximum atomic E-state index is 12.8. The predicted molar refractivity (Wildman–Crippen MR) is 125 cm³/mol. The van der Waals surface area contributed by atoms with Crippen LogP contribution in [0.4, 0.5) is 0 Å². The zero-order valence-corrected chi connectivity index (χ0v) is 25.5. The molecule has 3 rings (SSSR count). The van der Waals surface area contributed by atoms with Crippen LogP contribution in [0.1, 0.15) is 92.9 Å². The molecule has 0 aromatic heterocycles. The molecular weight excluding hydrogens is 564 g/mol. The van der Waals surface area contributed by atoms with Crippen LogP contribution in [0.2, 0.25) is 0 Å². The molecule has 0 aromatic carbocycles. The average Bonchev–Trinajstić information content (AvgIpc) is 2.62. The SMILES string of the molecule is CC(C)(C)OC(=O)CC12CCC[NH+](CCC3(CC(=O)OC(C)(C)C)CCC[NH+](CC1)C3)C2.[Br-].[Br-]. The molecule has 3 aliphatic heterocycles. The largest absolute Gasteiger partial charge is 1.00 e. The quantitative estimate of drug-likeness (QED) is 0.315. The van der Waals surface area contributed by atoms with Crippen LogP contribution in [-0.2, 0) is 19.1 Å². The predicted octanol–water partition coefficient (Wildman–Crippen LogP) is -4.42. The van der Waals surface area contributed by atoms with Gasteiger partial charge >= 0.3 is 11.9 Å². The van der Waals surface area contributed by atoms with Crippen molar-refractivity contribution in [3.05, 3.63) is 0 Å². The van der Waals surface area contributed by atoms with Crippen LogP contribution in [0.3, 0.4) is 0 Å². The number of halogens is 2. The lowest BCUT2D eigenvalue weighted by Gasteiger charge is -2.46. The molecule has 0 saturated carbocycles. The fourth-order valence-corrected chi connectivity index (χ4v) is 6.42. The third-order valence-electron chi connectivity index (χ3n) is 7.62. The molecule has 3 heterocycles. The minimum absolute atomic E-state index is 0. The van der Waals surface area contributed by atoms with Gasteiger partial charge in [0.25, 0.3) is 0 Å². The number of quaternary nitrogens is 2. The van der Waals surface area contributed by atoms with Gasteiger partial charge in [0.1, 0.15) is 11.2 Å². The molecule has 34 heavy (non-hydrogen) atoms. The van der Waals surface area contributed by atoms with Crippen molar-refractivity contribution in [1.82, 2.24) is 0 Å². The Balaban J connectivity index is 0.00000289. The van der Waals surface area contributed by atoms with Gasteiger partial charge < -0.3 is 53.2 Å². The minimum Gasteiger partial charge on any atom is -1.00 e. The van der Waals surface area contributed by atoms with E-state index in [4.69, 9.17) is 9.47 Å². The second-order valence-electron chi connectivity index (χ2n) is 13.1. The number of hydrogen-bond acceptors (Lipinski definition) is 4. The Morgan fingerprint density at radius 2 is 1.00 bits per heavy atom. The van der Waals surface area contributed by atoms with Crippen molar-refractivity contribution in [3.63, 3.8) is 0 Å². The van der Waals surface area contributed by atoms with Crippen LogP contribution in [0.5, 0.6) is 0 Å². The van der Waals surface area contributed by atoms with Gasteiger partial charge in [0.2, 0.25) is 0 Å². The highest BCUT2D eigenvalue weighted by molar-refractivity contribution is 5.71. The summed E-state index contributed by atoms with van der Waals surface area (Å²) >= 11 is 0. The van der Waals surface area contributed by atoms with Crippen molar-refractivity contribution in [2.45, 2.75) is 104 Å². The Labute approximate surface area is 228 Å². The van der Waals surface area contributed by atoms with Crippen LogP contribution in [0, 0.1) is 10.8 Å². The number of hydrogen-bond donors (Lipinski definition) is 2. The highest BCUT2D eigenvalue weighted by atomic mass is 79.9. The lowest BCUT2D eigenvalue weighted by molar-refractivity contribution is -0.931. The number of ether oxygens (including phenoxy) is 2. The summed E-state index contributed by atoms with van der Waals surface area (Å²) in [5.41, 5.74) is -0.730. The maximum absolute atomic E-state index is 12.8. The molecule has 200 valence electrons. The number of nitrogens with one attached hydrogen (secondary N) is 2. The van der Waals surface area contributed by atoms with Crippen LogP contribution in [-0.4, -0.2) is 62.4 Å². The molecule has 8 heteroatoms. The first kappa shape index (κ1) is 31.8. The molecule has 0 spiro atoms. The molecule has 3 aliphatic rings. The summed E-state index contributed by atoms with van der Waals surface area (Å²) in [6.45, 7) is 18.4. The first-order valence-electron chi connectivity index (χ1n) is 12.9. The maximum Gasteiger partial charge on any atom is 0.307 e. The second-order valence-corrected chi connectivity index (χ2v) is 13.1. The molecule has 0 radical (unpaired) electrons. The molecule has 6 nitrogen and oxygen atoms in total. The summed E-state index contributed by atoms with van der Waals surface area (Å²) in [5.74, 6) is -0.0764. The molecule has 4 bridgehead atoms. The molecule has 4 unspecified atom stereocenters. The van der Waals surface area contributed by atoms with Gasteiger partial charge in [-0.25, -0.2) is 0 Å². The monoisotopic (exact) mass is 610 g/mol. The highest BCUT2D eigenvalue weighted by Crippen LogP contribution is 2.36. The second kappa shape index (κ2) is 12.4. The Morgan fingerprint density at radius 3 is 1.32 bits per heavy atom. The molecule has 0 aromatic rings. The molecule has 0 aliphatic carbocycles. The van der Waals surface area contributed by atoms with Gasteiger partial charge in [0.15, 0.2) is 0 Å². The van der Waals surface area contributed by atoms with E-state index in [-0.39, 0.29) is 56.7 Å². The first-order valence-corrected chi connectivity index (χ1v) is 12.9. The van der Waals surface area contributed by atoms with E-state index >= 15 is 0 Å². The normalized spacial score (nSPS) is 31.8. The summed E-state index contributed by atoms with van der Waals surface area (Å²) in [6.07, 6.45) is 7.85. The van der Waals surface area contributed by atoms with Gasteiger partial charge in [-0.2, -0.15) is 0 Å². The Morgan fingerprint density at radius 1 is 0.647 bits per heavy atom. The number of carbonyl (C=O) groups excluding carboxylic acids is 2. The fourth-order valence-electron chi connectivity index (χ4n) is 6.42. The molecule has 3 saturated heterocycles. The van der Waals surface area contributed by atoms with Crippen molar-refractivity contribution in [2.24, 2.45) is 10.8 Å². The first-order chi connectivity index (χ1) is 14.8. The van der Waals surface area contributed by atoms with Crippen molar-refractivity contribution in [3.8, 4) is 0 Å². The van der Waals surface area contributed by atoms with E-state index in [1.165, 1.54) is 25.9 Å². The zero-order chi connectivity index (χ0) is 23.6. The molecular formula is C26H48Br2N2O4. The van der Waals surface area contributed by atoms with Crippen molar-refractivity contribution >= 4 is 11.9 Å². The Hall–Kier alpha value is -0.180. The standard InChI is InChI=1S/C26H46N2O4.2BrH/c1-23(2,3)31-21(29)17-25-9-7-13-27(19-25)16-12-26(18-22(30)32-24(4,5)6)10-8-14-28(20-26)15-11-25;;/h7-20H2,1-6H3;2*1H. The van der Waals surface area contributed by atoms with E-state index in [1.54, 1.807) is 9.80 Å². The third kappa shape index (κ3) is 9.70. The zero-order valence-electron chi connectivity index (χ0n) is 22.3. The highest BCUT2D eigenvalue weighted by Gasteiger charge is 2.47. The minimum atomic E-state index is -0.426. The third-order valence-corrected chi connectivity index (χ3v) is 7.62. The van der Waals surface area contributed by atoms with Gasteiger partial charge in [0, 0.05) is 23.7 Å². The summed E-state index contributed by atoms with van der Waals surface area (Å²) in [7, 11) is 0. The van der Waals surface area contributed by atoms with E-state index in [1.807, 2.05) is 41.5 Å². The number of rotatable bonds is 4. The van der Waals surface area contributed by atoms with Crippen molar-refractivity contribution in [2.75, 3.05) is 39.3 Å². The van der Waals surface area contributed by atoms with E-state index in [0.717, 1.165) is 51.9 Å². The Bertz CT molecular complexity index is 633. The van der Waals surface area contributed by atoms with Crippen molar-refractivity contribution < 1.29 is 62.8 Å². The lowest BCUT2D eigenvalue weighted by Crippen LogP contribution is -3.17. The van der Waals surface area contributed by atoms with E-state index in [2.05, 4.69) is 0 Å². The van der Waals surface area contributed by atoms with Gasteiger partial charge in [0.05, 0.1) is 52.1 Å². The van der Waals surface area contributed by atoms with E-state index in [9.17, 15) is 9.59 Å². The van der Waals surface area contributed by atoms with Gasteiger partial charge in [-0.15, -0.1) is 0 Å². The topological polar surface area (TPSA) is 61.5 Å². The van der Waals surface area contributed by atoms with Crippen LogP contribution >= 0.6 is 0 Å². The number of piperidine rings is 2. The molecule has 2 N–H and O–H groups in total. The van der Waals surface area contributed by atoms with Gasteiger partial charge in [-0.05, 0) is 67.2 Å². The summed E-state index contributed by atoms with van der Waals surface area (Å²) < 4.78 is 11.5. The molecule has 0 amide bonds. The van der Waals surface area contributed by atoms with Gasteiger partial charge in [-0.1, -0.05) is 0 Å². The number of esters is 2. The summed E-state index contributed by atoms with van der Waals surface area (Å²) in [4.78, 5) is 28.8. The molecule has 3 fully saturated rings. The van der Waals surface area contributed by atoms with E-state index in [0.29, 0.717) is 12.8 Å². The van der Waals surface area contributed by atoms with Crippen LogP contribution in [0.15, 0.2) is 0 Å². The number of carbonyl (C=O) groups is 2. The molecule has 4 atom stereocenters. The van der Waals surface area contributed by atoms with Crippen LogP contribution in [0.25, 0.3) is 0 Å². The Kier molecular flexibility index (Phi) is 11.6. The number of fused-ring (bicyclic) bond motifs is 4. The smallest absolute Gasteiger partial charge is 0.307 e. The summed E-state index contributed by atoms with van der Waals surface area (Å²) in [5, 5.41) is 0. The summed E-state index contributed by atoms with van der Waals surface area (Å²) in [6, 6.07) is 0. The van der Waals surface area contributed by atoms with Gasteiger partial charge in [-0.3, -0.25) is 9.59 Å². The van der Waals surface area contributed by atoms with Crippen molar-refractivity contribution in [1.29, 1.82) is 0 Å². The lowest BCUT2D eigenvalue weighted by atomic mass is 9.70. The average molecular weight is 612 g/mol. The van der Waals surface area contributed by atoms with Crippen LogP contribution < -0.4 is 43.8 Å².